The molecule has 1 saturated heterocycles. The Bertz CT molecular complexity index is 228. The molecule has 0 aromatic carbocycles. The Morgan fingerprint density at radius 2 is 2.00 bits per heavy atom. The number of hydrazine groups is 1. The molecule has 0 saturated carbocycles. The van der Waals surface area contributed by atoms with Gasteiger partial charge in [0.1, 0.15) is 6.04 Å². The fourth-order valence-electron chi connectivity index (χ4n) is 1.24. The molecular formula is C6H11N3Na2O5. The summed E-state index contributed by atoms with van der Waals surface area (Å²) >= 11 is 0. The topological polar surface area (TPSA) is 125 Å². The Balaban J connectivity index is -0.000000399. The van der Waals surface area contributed by atoms with E-state index in [0.29, 0.717) is 12.8 Å². The summed E-state index contributed by atoms with van der Waals surface area (Å²) in [7, 11) is 1.00. The van der Waals surface area contributed by atoms with Crippen molar-refractivity contribution in [2.24, 2.45) is 5.28 Å². The summed E-state index contributed by atoms with van der Waals surface area (Å²) in [6, 6.07) is -1.01. The van der Waals surface area contributed by atoms with Gasteiger partial charge in [-0.25, -0.2) is 0 Å². The number of carboxylic acid groups (broad SMARTS) is 1. The van der Waals surface area contributed by atoms with E-state index in [1.165, 1.54) is 0 Å². The van der Waals surface area contributed by atoms with Crippen LogP contribution in [-0.2, 0) is 4.79 Å². The van der Waals surface area contributed by atoms with Gasteiger partial charge >= 0.3 is 59.1 Å². The van der Waals surface area contributed by atoms with Crippen LogP contribution in [0.2, 0.25) is 0 Å². The van der Waals surface area contributed by atoms with Crippen LogP contribution in [-0.4, -0.2) is 40.8 Å². The first-order valence-corrected chi connectivity index (χ1v) is 3.89. The van der Waals surface area contributed by atoms with E-state index in [0.717, 1.165) is 12.1 Å². The molecule has 1 fully saturated rings. The van der Waals surface area contributed by atoms with E-state index in [9.17, 15) is 20.3 Å². The van der Waals surface area contributed by atoms with Crippen LogP contribution in [0.1, 0.15) is 12.8 Å². The number of nitrogens with zero attached hydrogens (tertiary/aromatic N) is 3. The zero-order valence-corrected chi connectivity index (χ0v) is 13.6. The number of carbonyl (C=O) groups is 1. The summed E-state index contributed by atoms with van der Waals surface area (Å²) in [6.45, 7) is 0.230. The zero-order valence-electron chi connectivity index (χ0n) is 9.62. The average Bonchev–Trinajstić information content (AvgIpc) is 2.68. The van der Waals surface area contributed by atoms with Gasteiger partial charge in [0.2, 0.25) is 0 Å². The van der Waals surface area contributed by atoms with Crippen molar-refractivity contribution < 1.29 is 79.1 Å². The van der Waals surface area contributed by atoms with E-state index in [1.54, 1.807) is 0 Å². The predicted octanol–water partition coefficient (Wildman–Crippen LogP) is -7.81. The van der Waals surface area contributed by atoms with Crippen molar-refractivity contribution in [3.05, 3.63) is 10.4 Å². The van der Waals surface area contributed by atoms with Crippen LogP contribution in [0.5, 0.6) is 0 Å². The molecule has 1 unspecified atom stereocenters. The molecule has 0 bridgehead atoms. The SMILES string of the molecule is CO.O=C([O-])C1CCCN1/[N+]([O-])=N/[O-].[Na+].[Na+]. The molecule has 0 spiro atoms. The van der Waals surface area contributed by atoms with Crippen molar-refractivity contribution >= 4 is 5.97 Å². The van der Waals surface area contributed by atoms with Crippen molar-refractivity contribution in [2.75, 3.05) is 13.7 Å². The number of rotatable bonds is 2. The second kappa shape index (κ2) is 11.9. The Kier molecular flexibility index (Phi) is 16.1. The van der Waals surface area contributed by atoms with Gasteiger partial charge < -0.3 is 25.4 Å². The third-order valence-corrected chi connectivity index (χ3v) is 1.79. The minimum Gasteiger partial charge on any atom is -0.737 e. The maximum Gasteiger partial charge on any atom is 1.00 e. The summed E-state index contributed by atoms with van der Waals surface area (Å²) in [5, 5.41) is 40.6. The number of carboxylic acids is 1. The Morgan fingerprint density at radius 1 is 1.50 bits per heavy atom. The molecule has 8 nitrogen and oxygen atoms in total. The minimum atomic E-state index is -1.35. The van der Waals surface area contributed by atoms with Gasteiger partial charge in [0, 0.05) is 12.1 Å². The van der Waals surface area contributed by atoms with E-state index in [4.69, 9.17) is 5.11 Å². The van der Waals surface area contributed by atoms with E-state index in [-0.39, 0.29) is 70.6 Å². The number of carbonyl (C=O) groups excluding carboxylic acids is 1. The Hall–Kier alpha value is 0.430. The second-order valence-electron chi connectivity index (χ2n) is 2.47. The molecule has 16 heavy (non-hydrogen) atoms. The number of hydrogen-bond donors (Lipinski definition) is 1. The van der Waals surface area contributed by atoms with Gasteiger partial charge in [-0.1, -0.05) is 0 Å². The van der Waals surface area contributed by atoms with Gasteiger partial charge in [-0.2, -0.15) is 0 Å². The smallest absolute Gasteiger partial charge is 0.737 e. The molecule has 82 valence electrons. The van der Waals surface area contributed by atoms with Gasteiger partial charge in [-0.15, -0.1) is 5.01 Å². The molecular weight excluding hydrogens is 240 g/mol. The molecule has 10 heteroatoms. The molecule has 1 atom stereocenters. The van der Waals surface area contributed by atoms with Gasteiger partial charge in [0.15, 0.2) is 0 Å². The standard InChI is InChI=1S/C5H9N3O4.CH4O.2Na/c9-5(10)4-2-1-3-7(4)8(12)6-11;1-2;;/h4,11H,1-3H2,(H,9,10);2H,1H3;;/q;;2*+1/p-2/b8-6-;;;. The quantitative estimate of drug-likeness (QED) is 0.225. The number of hydrogen-bond acceptors (Lipinski definition) is 6. The van der Waals surface area contributed by atoms with E-state index >= 15 is 0 Å². The molecule has 0 aromatic rings. The van der Waals surface area contributed by atoms with Gasteiger partial charge in [0.05, 0.1) is 12.5 Å². The van der Waals surface area contributed by atoms with Crippen molar-refractivity contribution in [2.45, 2.75) is 18.9 Å². The van der Waals surface area contributed by atoms with Crippen LogP contribution >= 0.6 is 0 Å². The van der Waals surface area contributed by atoms with E-state index < -0.39 is 12.0 Å². The number of aliphatic hydroxyl groups excluding tert-OH is 1. The van der Waals surface area contributed by atoms with Crippen LogP contribution in [0.15, 0.2) is 5.28 Å². The molecule has 1 N–H and O–H groups in total. The molecule has 0 aromatic heterocycles. The molecule has 1 aliphatic rings. The maximum absolute atomic E-state index is 10.6. The zero-order chi connectivity index (χ0) is 11.1. The van der Waals surface area contributed by atoms with Crippen LogP contribution in [0.25, 0.3) is 0 Å². The molecule has 1 rings (SSSR count). The summed E-state index contributed by atoms with van der Waals surface area (Å²) in [6.07, 6.45) is 0.865. The first-order chi connectivity index (χ1) is 6.66. The minimum absolute atomic E-state index is 0. The predicted molar refractivity (Wildman–Crippen MR) is 42.3 cm³/mol. The maximum atomic E-state index is 10.6. The first-order valence-electron chi connectivity index (χ1n) is 3.89. The van der Waals surface area contributed by atoms with Crippen molar-refractivity contribution in [3.63, 3.8) is 0 Å². The van der Waals surface area contributed by atoms with Crippen LogP contribution in [0.4, 0.5) is 0 Å². The van der Waals surface area contributed by atoms with Gasteiger partial charge in [-0.05, 0) is 18.1 Å². The normalized spacial score (nSPS) is 18.8. The average molecular weight is 251 g/mol. The van der Waals surface area contributed by atoms with Crippen molar-refractivity contribution in [1.82, 2.24) is 5.01 Å². The van der Waals surface area contributed by atoms with E-state index in [2.05, 4.69) is 5.28 Å². The summed E-state index contributed by atoms with van der Waals surface area (Å²) in [5.74, 6) is -1.35. The third kappa shape index (κ3) is 6.24. The molecule has 0 aliphatic carbocycles. The van der Waals surface area contributed by atoms with Crippen LogP contribution in [0, 0.1) is 10.4 Å². The number of aliphatic hydroxyl groups is 1. The Labute approximate surface area is 137 Å². The second-order valence-corrected chi connectivity index (χ2v) is 2.47. The first kappa shape index (κ1) is 21.7. The van der Waals surface area contributed by atoms with Gasteiger partial charge in [-0.3, -0.25) is 0 Å². The summed E-state index contributed by atoms with van der Waals surface area (Å²) < 4.78 is 0. The largest absolute Gasteiger partial charge is 1.00 e. The van der Waals surface area contributed by atoms with Crippen LogP contribution in [0.3, 0.4) is 0 Å². The van der Waals surface area contributed by atoms with Crippen LogP contribution < -0.4 is 64.2 Å². The molecule has 1 heterocycles. The Morgan fingerprint density at radius 3 is 2.38 bits per heavy atom. The molecule has 0 radical (unpaired) electrons. The number of aliphatic carboxylic acids is 1. The van der Waals surface area contributed by atoms with Crippen molar-refractivity contribution in [1.29, 1.82) is 0 Å². The fourth-order valence-corrected chi connectivity index (χ4v) is 1.24. The summed E-state index contributed by atoms with van der Waals surface area (Å²) in [4.78, 5) is 10.1. The monoisotopic (exact) mass is 251 g/mol. The van der Waals surface area contributed by atoms with Crippen molar-refractivity contribution in [3.8, 4) is 0 Å². The van der Waals surface area contributed by atoms with Gasteiger partial charge in [0.25, 0.3) is 0 Å². The fraction of sp³-hybridized carbons (Fsp3) is 0.833. The van der Waals surface area contributed by atoms with E-state index in [1.807, 2.05) is 0 Å². The molecule has 0 amide bonds. The molecule has 1 aliphatic heterocycles. The summed E-state index contributed by atoms with van der Waals surface area (Å²) in [5.41, 5.74) is 0. The third-order valence-electron chi connectivity index (χ3n) is 1.79.